The molecular formula is C15H18BrFO2. The molecule has 19 heavy (non-hydrogen) atoms. The molecule has 1 aliphatic carbocycles. The Morgan fingerprint density at radius 2 is 2.05 bits per heavy atom. The second-order valence-electron chi connectivity index (χ2n) is 5.09. The highest BCUT2D eigenvalue weighted by Gasteiger charge is 2.39. The maximum Gasteiger partial charge on any atom is 0.168 e. The van der Waals surface area contributed by atoms with Gasteiger partial charge in [-0.15, -0.1) is 0 Å². The predicted molar refractivity (Wildman–Crippen MR) is 75.6 cm³/mol. The van der Waals surface area contributed by atoms with Crippen LogP contribution in [0.15, 0.2) is 22.7 Å². The summed E-state index contributed by atoms with van der Waals surface area (Å²) in [5, 5.41) is 0. The highest BCUT2D eigenvalue weighted by atomic mass is 79.9. The number of carbonyl (C=O) groups excluding carboxylic acids is 1. The first-order valence-electron chi connectivity index (χ1n) is 6.60. The van der Waals surface area contributed by atoms with Crippen LogP contribution in [0.25, 0.3) is 0 Å². The molecule has 0 heterocycles. The van der Waals surface area contributed by atoms with Crippen molar-refractivity contribution < 1.29 is 13.9 Å². The van der Waals surface area contributed by atoms with Gasteiger partial charge in [0.05, 0.1) is 0 Å². The fourth-order valence-corrected chi connectivity index (χ4v) is 3.12. The van der Waals surface area contributed by atoms with Crippen molar-refractivity contribution in [2.75, 3.05) is 7.11 Å². The minimum Gasteiger partial charge on any atom is -0.370 e. The molecule has 0 saturated heterocycles. The molecule has 0 radical (unpaired) electrons. The smallest absolute Gasteiger partial charge is 0.168 e. The zero-order chi connectivity index (χ0) is 13.9. The molecule has 0 unspecified atom stereocenters. The van der Waals surface area contributed by atoms with E-state index in [0.29, 0.717) is 5.56 Å². The molecule has 2 rings (SSSR count). The summed E-state index contributed by atoms with van der Waals surface area (Å²) in [4.78, 5) is 12.5. The lowest BCUT2D eigenvalue weighted by molar-refractivity contribution is -0.144. The van der Waals surface area contributed by atoms with Gasteiger partial charge in [0, 0.05) is 18.0 Å². The molecule has 104 valence electrons. The molecule has 1 fully saturated rings. The van der Waals surface area contributed by atoms with E-state index in [-0.39, 0.29) is 18.0 Å². The Morgan fingerprint density at radius 3 is 2.68 bits per heavy atom. The van der Waals surface area contributed by atoms with Crippen molar-refractivity contribution in [3.05, 3.63) is 34.1 Å². The lowest BCUT2D eigenvalue weighted by Gasteiger charge is -2.34. The molecule has 1 saturated carbocycles. The van der Waals surface area contributed by atoms with E-state index in [1.807, 2.05) is 0 Å². The zero-order valence-electron chi connectivity index (χ0n) is 11.0. The largest absolute Gasteiger partial charge is 0.370 e. The number of hydrogen-bond donors (Lipinski definition) is 0. The molecule has 4 heteroatoms. The summed E-state index contributed by atoms with van der Waals surface area (Å²) < 4.78 is 19.5. The number of rotatable bonds is 4. The minimum atomic E-state index is -0.663. The van der Waals surface area contributed by atoms with Gasteiger partial charge in [-0.25, -0.2) is 4.39 Å². The van der Waals surface area contributed by atoms with E-state index in [0.717, 1.165) is 36.6 Å². The minimum absolute atomic E-state index is 0.0565. The van der Waals surface area contributed by atoms with Crippen LogP contribution in [0.3, 0.4) is 0 Å². The monoisotopic (exact) mass is 328 g/mol. The second-order valence-corrected chi connectivity index (χ2v) is 5.95. The SMILES string of the molecule is COC1(C(=O)Cc2cc(F)ccc2Br)CCCCC1. The third-order valence-electron chi connectivity index (χ3n) is 3.92. The van der Waals surface area contributed by atoms with Crippen LogP contribution >= 0.6 is 15.9 Å². The van der Waals surface area contributed by atoms with Crippen LogP contribution in [-0.4, -0.2) is 18.5 Å². The highest BCUT2D eigenvalue weighted by Crippen LogP contribution is 2.33. The van der Waals surface area contributed by atoms with E-state index in [2.05, 4.69) is 15.9 Å². The fourth-order valence-electron chi connectivity index (χ4n) is 2.73. The average Bonchev–Trinajstić information content (AvgIpc) is 2.43. The Bertz CT molecular complexity index is 467. The van der Waals surface area contributed by atoms with Gasteiger partial charge in [-0.3, -0.25) is 4.79 Å². The van der Waals surface area contributed by atoms with Gasteiger partial charge in [0.15, 0.2) is 5.78 Å². The molecule has 0 aliphatic heterocycles. The lowest BCUT2D eigenvalue weighted by atomic mass is 9.79. The standard InChI is InChI=1S/C15H18BrFO2/c1-19-15(7-3-2-4-8-15)14(18)10-11-9-12(17)5-6-13(11)16/h5-6,9H,2-4,7-8,10H2,1H3. The van der Waals surface area contributed by atoms with E-state index in [1.54, 1.807) is 13.2 Å². The van der Waals surface area contributed by atoms with Crippen molar-refractivity contribution in [2.24, 2.45) is 0 Å². The maximum atomic E-state index is 13.3. The first-order valence-corrected chi connectivity index (χ1v) is 7.39. The summed E-state index contributed by atoms with van der Waals surface area (Å²) in [5.41, 5.74) is 0.0243. The van der Waals surface area contributed by atoms with Gasteiger partial charge in [-0.2, -0.15) is 0 Å². The van der Waals surface area contributed by atoms with E-state index < -0.39 is 5.60 Å². The van der Waals surface area contributed by atoms with Crippen LogP contribution in [0.4, 0.5) is 4.39 Å². The summed E-state index contributed by atoms with van der Waals surface area (Å²) in [6, 6.07) is 4.43. The van der Waals surface area contributed by atoms with Crippen LogP contribution in [0, 0.1) is 5.82 Å². The summed E-state index contributed by atoms with van der Waals surface area (Å²) in [6.45, 7) is 0. The third kappa shape index (κ3) is 3.23. The molecule has 1 aliphatic rings. The summed E-state index contributed by atoms with van der Waals surface area (Å²) in [7, 11) is 1.60. The zero-order valence-corrected chi connectivity index (χ0v) is 12.6. The molecule has 0 bridgehead atoms. The first kappa shape index (κ1) is 14.7. The van der Waals surface area contributed by atoms with Crippen LogP contribution in [-0.2, 0) is 16.0 Å². The van der Waals surface area contributed by atoms with E-state index >= 15 is 0 Å². The number of halogens is 2. The van der Waals surface area contributed by atoms with Gasteiger partial charge in [-0.05, 0) is 36.6 Å². The molecule has 1 aromatic rings. The Kier molecular flexibility index (Phi) is 4.74. The van der Waals surface area contributed by atoms with Crippen molar-refractivity contribution in [3.8, 4) is 0 Å². The van der Waals surface area contributed by atoms with Crippen LogP contribution in [0.2, 0.25) is 0 Å². The third-order valence-corrected chi connectivity index (χ3v) is 4.69. The number of Topliss-reactive ketones (excluding diaryl/α,β-unsaturated/α-hetero) is 1. The van der Waals surface area contributed by atoms with Crippen molar-refractivity contribution in [1.29, 1.82) is 0 Å². The fraction of sp³-hybridized carbons (Fsp3) is 0.533. The summed E-state index contributed by atoms with van der Waals surface area (Å²) >= 11 is 3.36. The molecule has 0 amide bonds. The molecule has 0 N–H and O–H groups in total. The van der Waals surface area contributed by atoms with Crippen molar-refractivity contribution in [1.82, 2.24) is 0 Å². The Hall–Kier alpha value is -0.740. The van der Waals surface area contributed by atoms with E-state index in [1.165, 1.54) is 12.1 Å². The summed E-state index contributed by atoms with van der Waals surface area (Å²) in [5.74, 6) is -0.262. The topological polar surface area (TPSA) is 26.3 Å². The molecule has 1 aromatic carbocycles. The van der Waals surface area contributed by atoms with Gasteiger partial charge in [-0.1, -0.05) is 35.2 Å². The average molecular weight is 329 g/mol. The van der Waals surface area contributed by atoms with Crippen molar-refractivity contribution >= 4 is 21.7 Å². The quantitative estimate of drug-likeness (QED) is 0.833. The number of ketones is 1. The van der Waals surface area contributed by atoms with Gasteiger partial charge in [0.2, 0.25) is 0 Å². The number of methoxy groups -OCH3 is 1. The van der Waals surface area contributed by atoms with Crippen molar-refractivity contribution in [2.45, 2.75) is 44.1 Å². The molecule has 0 spiro atoms. The second kappa shape index (κ2) is 6.14. The molecule has 0 aromatic heterocycles. The molecule has 2 nitrogen and oxygen atoms in total. The predicted octanol–water partition coefficient (Wildman–Crippen LogP) is 4.05. The van der Waals surface area contributed by atoms with Gasteiger partial charge in [0.1, 0.15) is 11.4 Å². The summed E-state index contributed by atoms with van der Waals surface area (Å²) in [6.07, 6.45) is 4.95. The molecular weight excluding hydrogens is 311 g/mol. The lowest BCUT2D eigenvalue weighted by Crippen LogP contribution is -2.43. The van der Waals surface area contributed by atoms with Crippen molar-refractivity contribution in [3.63, 3.8) is 0 Å². The highest BCUT2D eigenvalue weighted by molar-refractivity contribution is 9.10. The van der Waals surface area contributed by atoms with E-state index in [4.69, 9.17) is 4.74 Å². The normalized spacial score (nSPS) is 18.3. The van der Waals surface area contributed by atoms with Crippen LogP contribution < -0.4 is 0 Å². The van der Waals surface area contributed by atoms with E-state index in [9.17, 15) is 9.18 Å². The Balaban J connectivity index is 2.17. The number of hydrogen-bond acceptors (Lipinski definition) is 2. The van der Waals surface area contributed by atoms with Crippen LogP contribution in [0.5, 0.6) is 0 Å². The first-order chi connectivity index (χ1) is 9.07. The number of ether oxygens (including phenoxy) is 1. The molecule has 0 atom stereocenters. The Morgan fingerprint density at radius 1 is 1.37 bits per heavy atom. The van der Waals surface area contributed by atoms with Crippen LogP contribution in [0.1, 0.15) is 37.7 Å². The number of carbonyl (C=O) groups is 1. The van der Waals surface area contributed by atoms with Gasteiger partial charge >= 0.3 is 0 Å². The number of benzene rings is 1. The maximum absolute atomic E-state index is 13.3. The van der Waals surface area contributed by atoms with Gasteiger partial charge in [0.25, 0.3) is 0 Å². The Labute approximate surface area is 121 Å². The van der Waals surface area contributed by atoms with Gasteiger partial charge < -0.3 is 4.74 Å².